The van der Waals surface area contributed by atoms with Crippen molar-refractivity contribution < 1.29 is 19.0 Å². The summed E-state index contributed by atoms with van der Waals surface area (Å²) in [7, 11) is 0. The van der Waals surface area contributed by atoms with E-state index in [2.05, 4.69) is 31.0 Å². The van der Waals surface area contributed by atoms with Gasteiger partial charge in [0.1, 0.15) is 0 Å². The van der Waals surface area contributed by atoms with Gasteiger partial charge in [0.25, 0.3) is 0 Å². The predicted molar refractivity (Wildman–Crippen MR) is 111 cm³/mol. The van der Waals surface area contributed by atoms with Gasteiger partial charge in [-0.2, -0.15) is 0 Å². The lowest BCUT2D eigenvalue weighted by Gasteiger charge is -2.28. The summed E-state index contributed by atoms with van der Waals surface area (Å²) in [6, 6.07) is 0. The number of fused-ring (bicyclic) bond motifs is 1. The Kier molecular flexibility index (Phi) is 8.21. The van der Waals surface area contributed by atoms with Crippen molar-refractivity contribution in [1.29, 1.82) is 0 Å². The highest BCUT2D eigenvalue weighted by Crippen LogP contribution is 2.52. The summed E-state index contributed by atoms with van der Waals surface area (Å²) in [5.74, 6) is 8.34. The first-order chi connectivity index (χ1) is 13.1. The van der Waals surface area contributed by atoms with Gasteiger partial charge in [-0.25, -0.2) is 4.79 Å². The third-order valence-electron chi connectivity index (χ3n) is 5.47. The maximum atomic E-state index is 12.1. The molecule has 0 aromatic rings. The van der Waals surface area contributed by atoms with Crippen molar-refractivity contribution in [3.8, 4) is 11.8 Å². The Morgan fingerprint density at radius 1 is 1.11 bits per heavy atom. The van der Waals surface area contributed by atoms with Crippen LogP contribution in [0.1, 0.15) is 67.2 Å². The van der Waals surface area contributed by atoms with Gasteiger partial charge in [-0.15, -0.1) is 11.8 Å². The molecule has 5 nitrogen and oxygen atoms in total. The van der Waals surface area contributed by atoms with Crippen LogP contribution in [0.25, 0.3) is 0 Å². The van der Waals surface area contributed by atoms with Crippen LogP contribution in [-0.2, 0) is 14.2 Å². The minimum absolute atomic E-state index is 0.0146. The van der Waals surface area contributed by atoms with Crippen molar-refractivity contribution >= 4 is 6.09 Å². The Bertz CT molecular complexity index is 551. The van der Waals surface area contributed by atoms with Crippen LogP contribution in [0.15, 0.2) is 0 Å². The van der Waals surface area contributed by atoms with Gasteiger partial charge in [-0.05, 0) is 58.3 Å². The van der Waals surface area contributed by atoms with Gasteiger partial charge in [-0.1, -0.05) is 13.8 Å². The second kappa shape index (κ2) is 9.98. The monoisotopic (exact) mass is 393 g/mol. The molecule has 2 rings (SSSR count). The SMILES string of the molecule is CC(COC(C)(C)C)OCC(C)(C)CNC(=O)OC[C@@H]1[C@@H]2CCC#CCC[C@@H]21. The topological polar surface area (TPSA) is 56.8 Å². The van der Waals surface area contributed by atoms with Gasteiger partial charge >= 0.3 is 6.09 Å². The van der Waals surface area contributed by atoms with Crippen LogP contribution in [0.5, 0.6) is 0 Å². The fourth-order valence-corrected chi connectivity index (χ4v) is 3.65. The first-order valence-electron chi connectivity index (χ1n) is 10.7. The van der Waals surface area contributed by atoms with Crippen LogP contribution < -0.4 is 5.32 Å². The van der Waals surface area contributed by atoms with Crippen molar-refractivity contribution in [2.24, 2.45) is 23.2 Å². The second-order valence-electron chi connectivity index (χ2n) is 10.1. The molecule has 5 heteroatoms. The highest BCUT2D eigenvalue weighted by Gasteiger charge is 2.49. The van der Waals surface area contributed by atoms with E-state index in [1.807, 2.05) is 27.7 Å². The lowest BCUT2D eigenvalue weighted by atomic mass is 9.95. The molecule has 0 aliphatic heterocycles. The molecule has 0 aromatic heterocycles. The molecule has 0 spiro atoms. The second-order valence-corrected chi connectivity index (χ2v) is 10.1. The zero-order chi connectivity index (χ0) is 20.8. The Labute approximate surface area is 171 Å². The van der Waals surface area contributed by atoms with E-state index in [4.69, 9.17) is 14.2 Å². The van der Waals surface area contributed by atoms with Crippen LogP contribution in [0.4, 0.5) is 4.79 Å². The lowest BCUT2D eigenvalue weighted by molar-refractivity contribution is -0.0793. The summed E-state index contributed by atoms with van der Waals surface area (Å²) in [4.78, 5) is 12.1. The van der Waals surface area contributed by atoms with Crippen molar-refractivity contribution in [3.63, 3.8) is 0 Å². The summed E-state index contributed by atoms with van der Waals surface area (Å²) in [5, 5.41) is 2.89. The number of rotatable bonds is 9. The van der Waals surface area contributed by atoms with Gasteiger partial charge in [0.2, 0.25) is 0 Å². The average Bonchev–Trinajstić information content (AvgIpc) is 3.23. The average molecular weight is 394 g/mol. The Morgan fingerprint density at radius 2 is 1.71 bits per heavy atom. The van der Waals surface area contributed by atoms with E-state index in [0.29, 0.717) is 44.1 Å². The molecule has 4 atom stereocenters. The minimum atomic E-state index is -0.326. The molecule has 1 fully saturated rings. The van der Waals surface area contributed by atoms with Crippen LogP contribution >= 0.6 is 0 Å². The van der Waals surface area contributed by atoms with Crippen molar-refractivity contribution in [2.45, 2.75) is 78.9 Å². The van der Waals surface area contributed by atoms with E-state index in [-0.39, 0.29) is 23.2 Å². The van der Waals surface area contributed by atoms with Gasteiger partial charge < -0.3 is 19.5 Å². The smallest absolute Gasteiger partial charge is 0.407 e. The molecule has 0 saturated heterocycles. The quantitative estimate of drug-likeness (QED) is 0.590. The number of hydrogen-bond acceptors (Lipinski definition) is 4. The summed E-state index contributed by atoms with van der Waals surface area (Å²) < 4.78 is 17.1. The number of carbonyl (C=O) groups excluding carboxylic acids is 1. The maximum absolute atomic E-state index is 12.1. The molecular weight excluding hydrogens is 354 g/mol. The number of alkyl carbamates (subject to hydrolysis) is 1. The van der Waals surface area contributed by atoms with E-state index < -0.39 is 0 Å². The Hall–Kier alpha value is -1.25. The number of hydrogen-bond donors (Lipinski definition) is 1. The number of ether oxygens (including phenoxy) is 3. The molecule has 1 saturated carbocycles. The fourth-order valence-electron chi connectivity index (χ4n) is 3.65. The summed E-state index contributed by atoms with van der Waals surface area (Å²) in [6.07, 6.45) is 3.95. The molecule has 0 bridgehead atoms. The zero-order valence-electron chi connectivity index (χ0n) is 18.6. The van der Waals surface area contributed by atoms with Crippen molar-refractivity contribution in [1.82, 2.24) is 5.32 Å². The molecule has 0 aromatic carbocycles. The van der Waals surface area contributed by atoms with E-state index >= 15 is 0 Å². The molecule has 2 aliphatic rings. The molecule has 160 valence electrons. The highest BCUT2D eigenvalue weighted by molar-refractivity contribution is 5.67. The van der Waals surface area contributed by atoms with Crippen LogP contribution in [0.3, 0.4) is 0 Å². The largest absolute Gasteiger partial charge is 0.449 e. The molecule has 2 aliphatic carbocycles. The van der Waals surface area contributed by atoms with E-state index in [1.54, 1.807) is 0 Å². The lowest BCUT2D eigenvalue weighted by Crippen LogP contribution is -2.38. The van der Waals surface area contributed by atoms with Crippen LogP contribution in [0, 0.1) is 35.0 Å². The van der Waals surface area contributed by atoms with Crippen molar-refractivity contribution in [2.75, 3.05) is 26.4 Å². The third-order valence-corrected chi connectivity index (χ3v) is 5.47. The highest BCUT2D eigenvalue weighted by atomic mass is 16.6. The molecule has 1 unspecified atom stereocenters. The van der Waals surface area contributed by atoms with E-state index in [0.717, 1.165) is 25.7 Å². The first kappa shape index (κ1) is 23.0. The van der Waals surface area contributed by atoms with E-state index in [9.17, 15) is 4.79 Å². The molecular formula is C23H39NO4. The van der Waals surface area contributed by atoms with Gasteiger partial charge in [0, 0.05) is 24.8 Å². The normalized spacial score (nSPS) is 25.4. The molecule has 28 heavy (non-hydrogen) atoms. The standard InChI is InChI=1S/C23H39NO4/c1-17(13-28-22(2,3)4)27-16-23(5,6)15-24-21(25)26-14-20-18-11-9-7-8-10-12-19(18)20/h17-20H,9-16H2,1-6H3,(H,24,25)/t17?,18-,19+,20-. The third kappa shape index (κ3) is 8.41. The van der Waals surface area contributed by atoms with Crippen molar-refractivity contribution in [3.05, 3.63) is 0 Å². The molecule has 0 heterocycles. The minimum Gasteiger partial charge on any atom is -0.449 e. The van der Waals surface area contributed by atoms with Gasteiger partial charge in [0.05, 0.1) is 31.5 Å². The Balaban J connectivity index is 1.59. The van der Waals surface area contributed by atoms with E-state index in [1.165, 1.54) is 0 Å². The van der Waals surface area contributed by atoms with Gasteiger partial charge in [0.15, 0.2) is 0 Å². The summed E-state index contributed by atoms with van der Waals surface area (Å²) in [6.45, 7) is 14.4. The number of nitrogens with one attached hydrogen (secondary N) is 1. The first-order valence-corrected chi connectivity index (χ1v) is 10.7. The summed E-state index contributed by atoms with van der Waals surface area (Å²) in [5.41, 5.74) is -0.335. The van der Waals surface area contributed by atoms with Crippen LogP contribution in [0.2, 0.25) is 0 Å². The zero-order valence-corrected chi connectivity index (χ0v) is 18.6. The number of carbonyl (C=O) groups is 1. The van der Waals surface area contributed by atoms with Gasteiger partial charge in [-0.3, -0.25) is 0 Å². The molecule has 1 N–H and O–H groups in total. The summed E-state index contributed by atoms with van der Waals surface area (Å²) >= 11 is 0. The predicted octanol–water partition coefficient (Wildman–Crippen LogP) is 4.40. The molecule has 1 amide bonds. The maximum Gasteiger partial charge on any atom is 0.407 e. The molecule has 0 radical (unpaired) electrons. The van der Waals surface area contributed by atoms with Crippen LogP contribution in [-0.4, -0.2) is 44.2 Å². The fraction of sp³-hybridized carbons (Fsp3) is 0.870. The number of amides is 1. The Morgan fingerprint density at radius 3 is 2.29 bits per heavy atom.